The number of hydrogen-bond donors (Lipinski definition) is 5. The fourth-order valence-electron chi connectivity index (χ4n) is 6.50. The normalized spacial score (nSPS) is 20.4. The van der Waals surface area contributed by atoms with Crippen LogP contribution in [0.1, 0.15) is 53.5 Å². The molecule has 0 saturated carbocycles. The van der Waals surface area contributed by atoms with Crippen LogP contribution in [-0.2, 0) is 60.6 Å². The maximum absolute atomic E-state index is 14.2. The zero-order chi connectivity index (χ0) is 41.0. The fraction of sp³-hybridized carbons (Fsp3) is 0.302. The van der Waals surface area contributed by atoms with Gasteiger partial charge in [0, 0.05) is 31.4 Å². The lowest BCUT2D eigenvalue weighted by Gasteiger charge is -2.26. The Morgan fingerprint density at radius 3 is 1.77 bits per heavy atom. The lowest BCUT2D eigenvalue weighted by molar-refractivity contribution is -0.144. The van der Waals surface area contributed by atoms with Gasteiger partial charge in [-0.2, -0.15) is 13.2 Å². The van der Waals surface area contributed by atoms with Crippen LogP contribution in [0.3, 0.4) is 0 Å². The monoisotopic (exact) mass is 784 g/mol. The smallest absolute Gasteiger partial charge is 0.416 e. The van der Waals surface area contributed by atoms with Crippen molar-refractivity contribution >= 4 is 41.1 Å². The van der Waals surface area contributed by atoms with Gasteiger partial charge in [0.2, 0.25) is 23.6 Å². The average molecular weight is 785 g/mol. The van der Waals surface area contributed by atoms with Crippen molar-refractivity contribution in [1.82, 2.24) is 16.0 Å². The molecule has 14 heteroatoms. The SMILES string of the molecule is O=C1CCC(=O)N[C@H](CCc2ccccc2)C(=O)N[C@@H](Cc2ccc(C(F)(F)F)cc2)C(=O)N[C@H](Cc2ccccc2)C(=O)C[C@H](C(=O)O)Cc2ccc(cc2)N1. The quantitative estimate of drug-likeness (QED) is 0.153. The van der Waals surface area contributed by atoms with E-state index in [4.69, 9.17) is 0 Å². The first-order valence-electron chi connectivity index (χ1n) is 18.5. The molecule has 0 radical (unpaired) electrons. The number of carboxylic acids is 1. The standard InChI is InChI=1S/C43H43F3N4O7/c44-43(45,46)32-16-11-30(12-17-32)25-36-41(55)49-35(24-28-9-5-2-6-10-28)37(51)26-31(42(56)57)23-29-13-18-33(19-14-29)47-38(52)21-22-39(53)48-34(40(54)50-36)20-15-27-7-3-1-4-8-27/h1-14,16-19,31,34-36H,15,20-26H2,(H,47,52)(H,48,53)(H,49,55)(H,50,54)(H,56,57)/t31-,34-,35-,36+/m1/s1. The summed E-state index contributed by atoms with van der Waals surface area (Å²) in [5, 5.41) is 20.9. The molecule has 0 unspecified atom stereocenters. The van der Waals surface area contributed by atoms with E-state index in [0.29, 0.717) is 23.2 Å². The molecular formula is C43H43F3N4O7. The first-order valence-corrected chi connectivity index (χ1v) is 18.5. The molecule has 0 aliphatic carbocycles. The van der Waals surface area contributed by atoms with Gasteiger partial charge in [-0.05, 0) is 72.2 Å². The molecule has 4 aromatic carbocycles. The van der Waals surface area contributed by atoms with Crippen LogP contribution in [0.25, 0.3) is 0 Å². The Bertz CT molecular complexity index is 2030. The molecule has 0 spiro atoms. The number of benzene rings is 4. The molecule has 0 fully saturated rings. The Morgan fingerprint density at radius 2 is 1.16 bits per heavy atom. The van der Waals surface area contributed by atoms with E-state index in [1.165, 1.54) is 12.1 Å². The van der Waals surface area contributed by atoms with E-state index < -0.39 is 77.6 Å². The minimum Gasteiger partial charge on any atom is -0.481 e. The average Bonchev–Trinajstić information content (AvgIpc) is 3.18. The van der Waals surface area contributed by atoms with Crippen molar-refractivity contribution in [3.63, 3.8) is 0 Å². The van der Waals surface area contributed by atoms with Crippen molar-refractivity contribution < 1.29 is 47.0 Å². The van der Waals surface area contributed by atoms with Crippen LogP contribution in [0, 0.1) is 5.92 Å². The number of fused-ring (bicyclic) bond motifs is 18. The summed E-state index contributed by atoms with van der Waals surface area (Å²) in [6, 6.07) is 24.4. The minimum absolute atomic E-state index is 0.0249. The number of carboxylic acid groups (broad SMARTS) is 1. The molecule has 4 aromatic rings. The third-order valence-electron chi connectivity index (χ3n) is 9.65. The van der Waals surface area contributed by atoms with Gasteiger partial charge in [-0.1, -0.05) is 84.9 Å². The van der Waals surface area contributed by atoms with Crippen LogP contribution in [0.15, 0.2) is 109 Å². The number of amides is 4. The van der Waals surface area contributed by atoms with Crippen LogP contribution >= 0.6 is 0 Å². The number of aliphatic carboxylic acids is 1. The summed E-state index contributed by atoms with van der Waals surface area (Å²) < 4.78 is 40.2. The van der Waals surface area contributed by atoms with Crippen LogP contribution in [0.4, 0.5) is 18.9 Å². The van der Waals surface area contributed by atoms with Crippen LogP contribution in [0.5, 0.6) is 0 Å². The zero-order valence-electron chi connectivity index (χ0n) is 30.9. The van der Waals surface area contributed by atoms with Gasteiger partial charge >= 0.3 is 12.1 Å². The highest BCUT2D eigenvalue weighted by Gasteiger charge is 2.33. The molecule has 6 rings (SSSR count). The molecule has 4 amide bonds. The molecule has 0 aromatic heterocycles. The lowest BCUT2D eigenvalue weighted by atomic mass is 9.90. The van der Waals surface area contributed by atoms with Gasteiger partial charge in [0.15, 0.2) is 5.78 Å². The summed E-state index contributed by atoms with van der Waals surface area (Å²) in [5.74, 6) is -5.75. The van der Waals surface area contributed by atoms with Gasteiger partial charge in [0.25, 0.3) is 0 Å². The van der Waals surface area contributed by atoms with E-state index in [0.717, 1.165) is 17.7 Å². The van der Waals surface area contributed by atoms with Crippen LogP contribution in [0.2, 0.25) is 0 Å². The number of ketones is 1. The topological polar surface area (TPSA) is 171 Å². The van der Waals surface area contributed by atoms with Crippen LogP contribution < -0.4 is 21.3 Å². The molecule has 2 bridgehead atoms. The summed E-state index contributed by atoms with van der Waals surface area (Å²) in [4.78, 5) is 80.7. The van der Waals surface area contributed by atoms with E-state index in [9.17, 15) is 47.0 Å². The number of halogens is 3. The molecule has 11 nitrogen and oxygen atoms in total. The Kier molecular flexibility index (Phi) is 14.3. The van der Waals surface area contributed by atoms with E-state index in [-0.39, 0.29) is 44.1 Å². The fourth-order valence-corrected chi connectivity index (χ4v) is 6.50. The van der Waals surface area contributed by atoms with Gasteiger partial charge in [0.1, 0.15) is 12.1 Å². The summed E-state index contributed by atoms with van der Waals surface area (Å²) in [6.45, 7) is 0. The highest BCUT2D eigenvalue weighted by Crippen LogP contribution is 2.29. The maximum Gasteiger partial charge on any atom is 0.416 e. The van der Waals surface area contributed by atoms with E-state index in [1.54, 1.807) is 54.6 Å². The number of anilines is 1. The number of Topliss-reactive ketones (excluding diaryl/α,β-unsaturated/α-hetero) is 1. The number of alkyl halides is 3. The molecule has 0 saturated heterocycles. The van der Waals surface area contributed by atoms with Gasteiger partial charge in [0.05, 0.1) is 17.5 Å². The minimum atomic E-state index is -4.62. The number of nitrogens with one attached hydrogen (secondary N) is 4. The van der Waals surface area contributed by atoms with E-state index >= 15 is 0 Å². The number of carbonyl (C=O) groups is 6. The number of hydrogen-bond acceptors (Lipinski definition) is 6. The molecule has 2 heterocycles. The summed E-state index contributed by atoms with van der Waals surface area (Å²) >= 11 is 0. The summed E-state index contributed by atoms with van der Waals surface area (Å²) in [6.07, 6.45) is -5.53. The van der Waals surface area contributed by atoms with Gasteiger partial charge < -0.3 is 26.4 Å². The Labute approximate surface area is 327 Å². The summed E-state index contributed by atoms with van der Waals surface area (Å²) in [7, 11) is 0. The van der Waals surface area contributed by atoms with Crippen molar-refractivity contribution in [3.05, 3.63) is 137 Å². The second kappa shape index (κ2) is 19.5. The Hall–Kier alpha value is -6.31. The first-order chi connectivity index (χ1) is 27.2. The van der Waals surface area contributed by atoms with E-state index in [2.05, 4.69) is 21.3 Å². The first kappa shape index (κ1) is 41.8. The highest BCUT2D eigenvalue weighted by molar-refractivity contribution is 5.97. The van der Waals surface area contributed by atoms with Crippen molar-refractivity contribution in [2.24, 2.45) is 5.92 Å². The third kappa shape index (κ3) is 12.9. The van der Waals surface area contributed by atoms with Crippen LogP contribution in [-0.4, -0.2) is 58.6 Å². The summed E-state index contributed by atoms with van der Waals surface area (Å²) in [5.41, 5.74) is 1.83. The molecule has 2 aliphatic rings. The predicted octanol–water partition coefficient (Wildman–Crippen LogP) is 5.21. The lowest BCUT2D eigenvalue weighted by Crippen LogP contribution is -2.57. The highest BCUT2D eigenvalue weighted by atomic mass is 19.4. The second-order valence-electron chi connectivity index (χ2n) is 14.0. The number of aryl methyl sites for hydroxylation is 1. The Balaban J connectivity index is 1.50. The number of rotatable bonds is 8. The molecule has 2 aliphatic heterocycles. The van der Waals surface area contributed by atoms with Crippen molar-refractivity contribution in [3.8, 4) is 0 Å². The molecular weight excluding hydrogens is 741 g/mol. The van der Waals surface area contributed by atoms with Crippen molar-refractivity contribution in [1.29, 1.82) is 0 Å². The predicted molar refractivity (Wildman–Crippen MR) is 205 cm³/mol. The maximum atomic E-state index is 14.2. The second-order valence-corrected chi connectivity index (χ2v) is 14.0. The Morgan fingerprint density at radius 1 is 0.614 bits per heavy atom. The number of carbonyl (C=O) groups excluding carboxylic acids is 5. The molecule has 57 heavy (non-hydrogen) atoms. The van der Waals surface area contributed by atoms with E-state index in [1.807, 2.05) is 30.3 Å². The molecule has 4 atom stereocenters. The molecule has 5 N–H and O–H groups in total. The van der Waals surface area contributed by atoms with Gasteiger partial charge in [-0.3, -0.25) is 28.8 Å². The van der Waals surface area contributed by atoms with Gasteiger partial charge in [-0.25, -0.2) is 0 Å². The van der Waals surface area contributed by atoms with Gasteiger partial charge in [-0.15, -0.1) is 0 Å². The molecule has 298 valence electrons. The largest absolute Gasteiger partial charge is 0.481 e. The third-order valence-corrected chi connectivity index (χ3v) is 9.65. The zero-order valence-corrected chi connectivity index (χ0v) is 30.9. The van der Waals surface area contributed by atoms with Crippen molar-refractivity contribution in [2.45, 2.75) is 75.7 Å². The van der Waals surface area contributed by atoms with Crippen molar-refractivity contribution in [2.75, 3.05) is 5.32 Å².